The standard InChI is InChI=1S/C12H21N5O/c1-15-5-6-17(8-10(7-15)12(13)18)9-11-14-3-4-16(11)2/h3-4,10H,5-9H2,1-2H3,(H2,13,18)/t10-/m1/s1. The Balaban J connectivity index is 2.03. The molecule has 1 aromatic rings. The fourth-order valence-corrected chi connectivity index (χ4v) is 2.31. The molecule has 1 amide bonds. The molecular formula is C12H21N5O. The van der Waals surface area contributed by atoms with Crippen LogP contribution in [0.4, 0.5) is 0 Å². The van der Waals surface area contributed by atoms with Crippen molar-refractivity contribution in [3.8, 4) is 0 Å². The number of hydrogen-bond donors (Lipinski definition) is 1. The minimum absolute atomic E-state index is 0.0993. The molecule has 0 bridgehead atoms. The first-order valence-corrected chi connectivity index (χ1v) is 6.22. The third-order valence-corrected chi connectivity index (χ3v) is 3.50. The smallest absolute Gasteiger partial charge is 0.223 e. The molecule has 2 heterocycles. The first kappa shape index (κ1) is 13.0. The van der Waals surface area contributed by atoms with Crippen molar-refractivity contribution in [2.45, 2.75) is 6.54 Å². The van der Waals surface area contributed by atoms with Gasteiger partial charge in [0.15, 0.2) is 0 Å². The molecule has 100 valence electrons. The molecule has 2 rings (SSSR count). The summed E-state index contributed by atoms with van der Waals surface area (Å²) in [5.74, 6) is 0.703. The molecule has 1 aromatic heterocycles. The number of hydrogen-bond acceptors (Lipinski definition) is 4. The van der Waals surface area contributed by atoms with E-state index in [2.05, 4.69) is 14.8 Å². The molecule has 0 radical (unpaired) electrons. The highest BCUT2D eigenvalue weighted by Crippen LogP contribution is 2.11. The second kappa shape index (κ2) is 5.49. The van der Waals surface area contributed by atoms with Crippen molar-refractivity contribution in [1.82, 2.24) is 19.4 Å². The van der Waals surface area contributed by atoms with Crippen LogP contribution in [-0.2, 0) is 18.4 Å². The van der Waals surface area contributed by atoms with Gasteiger partial charge in [-0.05, 0) is 7.05 Å². The van der Waals surface area contributed by atoms with Gasteiger partial charge < -0.3 is 15.2 Å². The van der Waals surface area contributed by atoms with Crippen LogP contribution in [0.2, 0.25) is 0 Å². The van der Waals surface area contributed by atoms with Gasteiger partial charge >= 0.3 is 0 Å². The van der Waals surface area contributed by atoms with Crippen molar-refractivity contribution >= 4 is 5.91 Å². The van der Waals surface area contributed by atoms with Crippen molar-refractivity contribution in [3.05, 3.63) is 18.2 Å². The SMILES string of the molecule is CN1CCN(Cc2nccn2C)C[C@H](C(N)=O)C1. The number of likely N-dealkylation sites (N-methyl/N-ethyl adjacent to an activating group) is 1. The molecule has 1 fully saturated rings. The molecule has 1 aliphatic heterocycles. The maximum absolute atomic E-state index is 11.4. The van der Waals surface area contributed by atoms with Crippen LogP contribution >= 0.6 is 0 Å². The fourth-order valence-electron chi connectivity index (χ4n) is 2.31. The van der Waals surface area contributed by atoms with Crippen molar-refractivity contribution in [2.75, 3.05) is 33.2 Å². The lowest BCUT2D eigenvalue weighted by molar-refractivity contribution is -0.122. The van der Waals surface area contributed by atoms with E-state index < -0.39 is 0 Å². The summed E-state index contributed by atoms with van der Waals surface area (Å²) < 4.78 is 2.01. The third kappa shape index (κ3) is 3.08. The summed E-state index contributed by atoms with van der Waals surface area (Å²) in [5.41, 5.74) is 5.45. The Kier molecular flexibility index (Phi) is 3.98. The Morgan fingerprint density at radius 1 is 1.44 bits per heavy atom. The van der Waals surface area contributed by atoms with E-state index in [0.29, 0.717) is 6.54 Å². The molecule has 0 aromatic carbocycles. The van der Waals surface area contributed by atoms with Gasteiger partial charge in [0.05, 0.1) is 12.5 Å². The van der Waals surface area contributed by atoms with Crippen LogP contribution in [0.25, 0.3) is 0 Å². The second-order valence-electron chi connectivity index (χ2n) is 5.05. The van der Waals surface area contributed by atoms with Crippen LogP contribution in [0.1, 0.15) is 5.82 Å². The zero-order valence-corrected chi connectivity index (χ0v) is 11.0. The largest absolute Gasteiger partial charge is 0.369 e. The minimum Gasteiger partial charge on any atom is -0.369 e. The van der Waals surface area contributed by atoms with Crippen LogP contribution in [0.5, 0.6) is 0 Å². The molecule has 2 N–H and O–H groups in total. The zero-order valence-electron chi connectivity index (χ0n) is 11.0. The highest BCUT2D eigenvalue weighted by atomic mass is 16.1. The number of carbonyl (C=O) groups is 1. The summed E-state index contributed by atoms with van der Waals surface area (Å²) in [7, 11) is 4.01. The van der Waals surface area contributed by atoms with Crippen molar-refractivity contribution in [2.24, 2.45) is 18.7 Å². The van der Waals surface area contributed by atoms with E-state index in [9.17, 15) is 4.79 Å². The van der Waals surface area contributed by atoms with E-state index in [1.807, 2.05) is 24.9 Å². The summed E-state index contributed by atoms with van der Waals surface area (Å²) in [6.45, 7) is 4.11. The van der Waals surface area contributed by atoms with E-state index in [4.69, 9.17) is 5.73 Å². The Morgan fingerprint density at radius 2 is 2.22 bits per heavy atom. The van der Waals surface area contributed by atoms with Gasteiger partial charge in [0.1, 0.15) is 5.82 Å². The molecule has 18 heavy (non-hydrogen) atoms. The Bertz CT molecular complexity index is 416. The number of rotatable bonds is 3. The molecule has 1 atom stereocenters. The van der Waals surface area contributed by atoms with Gasteiger partial charge in [-0.15, -0.1) is 0 Å². The van der Waals surface area contributed by atoms with Crippen LogP contribution < -0.4 is 5.73 Å². The Morgan fingerprint density at radius 3 is 2.83 bits per heavy atom. The predicted octanol–water partition coefficient (Wildman–Crippen LogP) is -0.731. The van der Waals surface area contributed by atoms with Gasteiger partial charge in [-0.2, -0.15) is 0 Å². The van der Waals surface area contributed by atoms with Gasteiger partial charge in [0.2, 0.25) is 5.91 Å². The van der Waals surface area contributed by atoms with Gasteiger partial charge in [-0.1, -0.05) is 0 Å². The van der Waals surface area contributed by atoms with E-state index in [0.717, 1.165) is 32.0 Å². The van der Waals surface area contributed by atoms with Crippen LogP contribution in [-0.4, -0.2) is 58.5 Å². The molecule has 0 spiro atoms. The predicted molar refractivity (Wildman–Crippen MR) is 68.7 cm³/mol. The van der Waals surface area contributed by atoms with Crippen molar-refractivity contribution < 1.29 is 4.79 Å². The van der Waals surface area contributed by atoms with Crippen molar-refractivity contribution in [1.29, 1.82) is 0 Å². The van der Waals surface area contributed by atoms with E-state index in [1.165, 1.54) is 0 Å². The van der Waals surface area contributed by atoms with Gasteiger partial charge in [0, 0.05) is 45.6 Å². The molecule has 6 heteroatoms. The maximum Gasteiger partial charge on any atom is 0.223 e. The Labute approximate surface area is 107 Å². The molecule has 0 aliphatic carbocycles. The number of aryl methyl sites for hydroxylation is 1. The normalized spacial score (nSPS) is 22.9. The summed E-state index contributed by atoms with van der Waals surface area (Å²) in [6.07, 6.45) is 3.73. The quantitative estimate of drug-likeness (QED) is 0.769. The first-order chi connectivity index (χ1) is 8.56. The highest BCUT2D eigenvalue weighted by Gasteiger charge is 2.25. The summed E-state index contributed by atoms with van der Waals surface area (Å²) >= 11 is 0. The number of nitrogens with zero attached hydrogens (tertiary/aromatic N) is 4. The lowest BCUT2D eigenvalue weighted by atomic mass is 10.1. The van der Waals surface area contributed by atoms with Gasteiger partial charge in [0.25, 0.3) is 0 Å². The molecule has 0 unspecified atom stereocenters. The van der Waals surface area contributed by atoms with Gasteiger partial charge in [-0.25, -0.2) is 4.98 Å². The summed E-state index contributed by atoms with van der Waals surface area (Å²) in [5, 5.41) is 0. The molecule has 1 aliphatic rings. The molecule has 1 saturated heterocycles. The highest BCUT2D eigenvalue weighted by molar-refractivity contribution is 5.77. The number of amides is 1. The minimum atomic E-state index is -0.214. The fraction of sp³-hybridized carbons (Fsp3) is 0.667. The van der Waals surface area contributed by atoms with Crippen molar-refractivity contribution in [3.63, 3.8) is 0 Å². The lowest BCUT2D eigenvalue weighted by Gasteiger charge is -2.21. The van der Waals surface area contributed by atoms with E-state index in [-0.39, 0.29) is 11.8 Å². The van der Waals surface area contributed by atoms with E-state index >= 15 is 0 Å². The van der Waals surface area contributed by atoms with Crippen LogP contribution in [0.3, 0.4) is 0 Å². The number of imidazole rings is 1. The number of carbonyl (C=O) groups excluding carboxylic acids is 1. The number of primary amides is 1. The summed E-state index contributed by atoms with van der Waals surface area (Å²) in [6, 6.07) is 0. The van der Waals surface area contributed by atoms with E-state index in [1.54, 1.807) is 6.20 Å². The summed E-state index contributed by atoms with van der Waals surface area (Å²) in [4.78, 5) is 20.1. The monoisotopic (exact) mass is 251 g/mol. The van der Waals surface area contributed by atoms with Gasteiger partial charge in [-0.3, -0.25) is 9.69 Å². The average molecular weight is 251 g/mol. The third-order valence-electron chi connectivity index (χ3n) is 3.50. The second-order valence-corrected chi connectivity index (χ2v) is 5.05. The average Bonchev–Trinajstić information content (AvgIpc) is 2.59. The zero-order chi connectivity index (χ0) is 13.1. The van der Waals surface area contributed by atoms with Crippen LogP contribution in [0, 0.1) is 5.92 Å². The maximum atomic E-state index is 11.4. The first-order valence-electron chi connectivity index (χ1n) is 6.22. The topological polar surface area (TPSA) is 67.4 Å². The number of aromatic nitrogens is 2. The molecule has 6 nitrogen and oxygen atoms in total. The Hall–Kier alpha value is -1.40. The lowest BCUT2D eigenvalue weighted by Crippen LogP contribution is -2.37. The number of nitrogens with two attached hydrogens (primary N) is 1. The molecule has 0 saturated carbocycles. The van der Waals surface area contributed by atoms with Crippen LogP contribution in [0.15, 0.2) is 12.4 Å². The molecular weight excluding hydrogens is 230 g/mol.